The lowest BCUT2D eigenvalue weighted by Gasteiger charge is -2.09. The van der Waals surface area contributed by atoms with Gasteiger partial charge < -0.3 is 4.74 Å². The molecular weight excluding hydrogens is 340 g/mol. The topological polar surface area (TPSA) is 39.4 Å². The molecule has 0 N–H and O–H groups in total. The Morgan fingerprint density at radius 3 is 2.17 bits per heavy atom. The van der Waals surface area contributed by atoms with E-state index in [0.29, 0.717) is 11.8 Å². The molecule has 0 saturated carbocycles. The van der Waals surface area contributed by atoms with Crippen molar-refractivity contribution in [2.45, 2.75) is 12.5 Å². The Hall–Kier alpha value is -2.78. The first kappa shape index (κ1) is 16.1. The Labute approximate surface area is 130 Å². The molecule has 0 saturated heterocycles. The van der Waals surface area contributed by atoms with Gasteiger partial charge in [0.1, 0.15) is 11.3 Å². The van der Waals surface area contributed by atoms with Gasteiger partial charge in [-0.2, -0.15) is 18.3 Å². The van der Waals surface area contributed by atoms with E-state index in [2.05, 4.69) is 14.8 Å². The summed E-state index contributed by atoms with van der Waals surface area (Å²) in [6, 6.07) is 6.04. The van der Waals surface area contributed by atoms with Crippen LogP contribution in [0.2, 0.25) is 0 Å². The van der Waals surface area contributed by atoms with Crippen molar-refractivity contribution < 1.29 is 31.1 Å². The molecule has 126 valence electrons. The Morgan fingerprint density at radius 1 is 0.917 bits per heavy atom. The average Bonchev–Trinajstić information content (AvgIpc) is 2.89. The number of hydrogen-bond acceptors (Lipinski definition) is 3. The third kappa shape index (κ3) is 3.26. The van der Waals surface area contributed by atoms with Crippen LogP contribution in [-0.2, 0) is 6.18 Å². The minimum absolute atomic E-state index is 0.159. The maximum absolute atomic E-state index is 12.9. The fourth-order valence-corrected chi connectivity index (χ4v) is 2.06. The Kier molecular flexibility index (Phi) is 3.61. The number of ether oxygens (including phenoxy) is 1. The fourth-order valence-electron chi connectivity index (χ4n) is 2.06. The lowest BCUT2D eigenvalue weighted by molar-refractivity contribution is -0.274. The molecule has 0 fully saturated rings. The average molecular weight is 347 g/mol. The highest BCUT2D eigenvalue weighted by Gasteiger charge is 2.35. The second-order valence-corrected chi connectivity index (χ2v) is 4.71. The van der Waals surface area contributed by atoms with E-state index in [1.807, 2.05) is 0 Å². The molecule has 0 spiro atoms. The van der Waals surface area contributed by atoms with E-state index >= 15 is 0 Å². The van der Waals surface area contributed by atoms with Gasteiger partial charge in [0.15, 0.2) is 5.65 Å². The molecule has 2 heterocycles. The van der Waals surface area contributed by atoms with Crippen LogP contribution in [0.1, 0.15) is 5.56 Å². The Morgan fingerprint density at radius 2 is 1.58 bits per heavy atom. The van der Waals surface area contributed by atoms with Gasteiger partial charge in [-0.05, 0) is 30.3 Å². The van der Waals surface area contributed by atoms with Gasteiger partial charge in [-0.25, -0.2) is 9.50 Å². The summed E-state index contributed by atoms with van der Waals surface area (Å²) in [5.41, 5.74) is -0.898. The van der Waals surface area contributed by atoms with E-state index in [0.717, 1.165) is 16.6 Å². The lowest BCUT2D eigenvalue weighted by Crippen LogP contribution is -2.16. The third-order valence-corrected chi connectivity index (χ3v) is 3.06. The zero-order valence-electron chi connectivity index (χ0n) is 11.6. The predicted molar refractivity (Wildman–Crippen MR) is 70.1 cm³/mol. The van der Waals surface area contributed by atoms with E-state index in [4.69, 9.17) is 0 Å². The normalized spacial score (nSPS) is 12.6. The quantitative estimate of drug-likeness (QED) is 0.649. The SMILES string of the molecule is FC(F)(F)Oc1ccc(-c2ccn3ncc(C(F)(F)F)c3n2)cc1. The van der Waals surface area contributed by atoms with Crippen molar-refractivity contribution >= 4 is 5.65 Å². The second-order valence-electron chi connectivity index (χ2n) is 4.71. The van der Waals surface area contributed by atoms with Crippen LogP contribution in [0.25, 0.3) is 16.9 Å². The number of aromatic nitrogens is 3. The summed E-state index contributed by atoms with van der Waals surface area (Å²) >= 11 is 0. The number of fused-ring (bicyclic) bond motifs is 1. The maximum Gasteiger partial charge on any atom is 0.573 e. The minimum atomic E-state index is -4.82. The fraction of sp³-hybridized carbons (Fsp3) is 0.143. The van der Waals surface area contributed by atoms with Gasteiger partial charge in [0.2, 0.25) is 0 Å². The van der Waals surface area contributed by atoms with Crippen molar-refractivity contribution in [3.8, 4) is 17.0 Å². The molecule has 0 aliphatic carbocycles. The van der Waals surface area contributed by atoms with E-state index in [1.165, 1.54) is 24.4 Å². The molecule has 0 atom stereocenters. The van der Waals surface area contributed by atoms with Gasteiger partial charge in [-0.3, -0.25) is 0 Å². The predicted octanol–water partition coefficient (Wildman–Crippen LogP) is 4.31. The number of nitrogens with zero attached hydrogens (tertiary/aromatic N) is 3. The molecule has 0 aliphatic heterocycles. The molecular formula is C14H7F6N3O. The van der Waals surface area contributed by atoms with Gasteiger partial charge in [-0.15, -0.1) is 13.2 Å². The molecule has 24 heavy (non-hydrogen) atoms. The molecule has 2 aromatic heterocycles. The summed E-state index contributed by atoms with van der Waals surface area (Å²) in [7, 11) is 0. The molecule has 4 nitrogen and oxygen atoms in total. The van der Waals surface area contributed by atoms with E-state index in [1.54, 1.807) is 0 Å². The van der Waals surface area contributed by atoms with E-state index in [-0.39, 0.29) is 5.69 Å². The van der Waals surface area contributed by atoms with Crippen LogP contribution in [0.15, 0.2) is 42.7 Å². The van der Waals surface area contributed by atoms with Gasteiger partial charge in [-0.1, -0.05) is 0 Å². The summed E-state index contributed by atoms with van der Waals surface area (Å²) in [5, 5.41) is 3.56. The van der Waals surface area contributed by atoms with Crippen LogP contribution in [0.4, 0.5) is 26.3 Å². The number of alkyl halides is 6. The molecule has 0 aliphatic rings. The van der Waals surface area contributed by atoms with Crippen molar-refractivity contribution in [1.82, 2.24) is 14.6 Å². The molecule has 3 aromatic rings. The zero-order valence-corrected chi connectivity index (χ0v) is 11.6. The third-order valence-electron chi connectivity index (χ3n) is 3.06. The lowest BCUT2D eigenvalue weighted by atomic mass is 10.1. The highest BCUT2D eigenvalue weighted by Crippen LogP contribution is 2.32. The van der Waals surface area contributed by atoms with Crippen molar-refractivity contribution in [3.05, 3.63) is 48.3 Å². The highest BCUT2D eigenvalue weighted by atomic mass is 19.4. The number of benzene rings is 1. The van der Waals surface area contributed by atoms with E-state index in [9.17, 15) is 26.3 Å². The van der Waals surface area contributed by atoms with Crippen LogP contribution >= 0.6 is 0 Å². The van der Waals surface area contributed by atoms with E-state index < -0.39 is 29.5 Å². The van der Waals surface area contributed by atoms with Gasteiger partial charge >= 0.3 is 12.5 Å². The number of halogens is 6. The van der Waals surface area contributed by atoms with Crippen LogP contribution in [0.3, 0.4) is 0 Å². The zero-order chi connectivity index (χ0) is 17.5. The summed E-state index contributed by atoms with van der Waals surface area (Å²) in [6.07, 6.45) is -7.49. The summed E-state index contributed by atoms with van der Waals surface area (Å²) in [6.45, 7) is 0. The van der Waals surface area contributed by atoms with Crippen molar-refractivity contribution in [3.63, 3.8) is 0 Å². The van der Waals surface area contributed by atoms with Crippen LogP contribution < -0.4 is 4.74 Å². The van der Waals surface area contributed by atoms with Crippen molar-refractivity contribution in [1.29, 1.82) is 0 Å². The Bertz CT molecular complexity index is 867. The molecule has 0 radical (unpaired) electrons. The van der Waals surface area contributed by atoms with Crippen LogP contribution in [-0.4, -0.2) is 21.0 Å². The number of rotatable bonds is 2. The first-order valence-electron chi connectivity index (χ1n) is 6.41. The van der Waals surface area contributed by atoms with Gasteiger partial charge in [0.05, 0.1) is 11.9 Å². The Balaban J connectivity index is 1.97. The first-order valence-corrected chi connectivity index (χ1v) is 6.41. The monoisotopic (exact) mass is 347 g/mol. The molecule has 3 rings (SSSR count). The van der Waals surface area contributed by atoms with Crippen LogP contribution in [0.5, 0.6) is 5.75 Å². The molecule has 0 unspecified atom stereocenters. The highest BCUT2D eigenvalue weighted by molar-refractivity contribution is 5.63. The van der Waals surface area contributed by atoms with Crippen molar-refractivity contribution in [2.75, 3.05) is 0 Å². The summed E-state index contributed by atoms with van der Waals surface area (Å²) in [4.78, 5) is 3.89. The summed E-state index contributed by atoms with van der Waals surface area (Å²) < 4.78 is 79.7. The second kappa shape index (κ2) is 5.39. The first-order chi connectivity index (χ1) is 11.1. The molecule has 1 aromatic carbocycles. The molecule has 0 bridgehead atoms. The molecule has 10 heteroatoms. The molecule has 0 amide bonds. The van der Waals surface area contributed by atoms with Crippen LogP contribution in [0, 0.1) is 0 Å². The standard InChI is InChI=1S/C14H7F6N3O/c15-13(16,17)10-7-21-23-6-5-11(22-12(10)23)8-1-3-9(4-2-8)24-14(18,19)20/h1-7H. The van der Waals surface area contributed by atoms with Crippen molar-refractivity contribution in [2.24, 2.45) is 0 Å². The summed E-state index contributed by atoms with van der Waals surface area (Å²) in [5.74, 6) is -0.437. The minimum Gasteiger partial charge on any atom is -0.406 e. The smallest absolute Gasteiger partial charge is 0.406 e. The van der Waals surface area contributed by atoms with Gasteiger partial charge in [0, 0.05) is 11.8 Å². The largest absolute Gasteiger partial charge is 0.573 e. The van der Waals surface area contributed by atoms with Gasteiger partial charge in [0.25, 0.3) is 0 Å². The number of hydrogen-bond donors (Lipinski definition) is 0. The maximum atomic E-state index is 12.9.